The zero-order valence-electron chi connectivity index (χ0n) is 9.64. The molecule has 16 heavy (non-hydrogen) atoms. The number of nitrogens with one attached hydrogen (secondary N) is 1. The lowest BCUT2D eigenvalue weighted by atomic mass is 10.3. The second-order valence-electron chi connectivity index (χ2n) is 3.84. The van der Waals surface area contributed by atoms with E-state index in [4.69, 9.17) is 0 Å². The van der Waals surface area contributed by atoms with Gasteiger partial charge < -0.3 is 5.32 Å². The molecule has 2 aromatic heterocycles. The molecule has 2 heterocycles. The van der Waals surface area contributed by atoms with Crippen molar-refractivity contribution in [3.8, 4) is 0 Å². The van der Waals surface area contributed by atoms with Crippen LogP contribution in [0.3, 0.4) is 0 Å². The Hall–Kier alpha value is -0.520. The van der Waals surface area contributed by atoms with E-state index in [0.29, 0.717) is 0 Å². The summed E-state index contributed by atoms with van der Waals surface area (Å²) in [4.78, 5) is 5.60. The summed E-state index contributed by atoms with van der Waals surface area (Å²) >= 11 is 3.59. The highest BCUT2D eigenvalue weighted by atomic mass is 32.2. The molecule has 0 spiro atoms. The number of hydrogen-bond acceptors (Lipinski definition) is 4. The quantitative estimate of drug-likeness (QED) is 0.805. The summed E-state index contributed by atoms with van der Waals surface area (Å²) in [5, 5.41) is 6.22. The topological polar surface area (TPSA) is 29.3 Å². The molecule has 0 fully saturated rings. The highest BCUT2D eigenvalue weighted by Gasteiger charge is 2.02. The van der Waals surface area contributed by atoms with Gasteiger partial charge in [-0.1, -0.05) is 6.92 Å². The molecule has 2 aromatic rings. The molecule has 2 rings (SSSR count). The Kier molecular flexibility index (Phi) is 4.26. The molecule has 88 valence electrons. The van der Waals surface area contributed by atoms with E-state index < -0.39 is 0 Å². The van der Waals surface area contributed by atoms with Crippen molar-refractivity contribution in [2.24, 2.45) is 0 Å². The average molecular weight is 255 g/mol. The summed E-state index contributed by atoms with van der Waals surface area (Å²) in [6.45, 7) is 4.20. The highest BCUT2D eigenvalue weighted by molar-refractivity contribution is 7.99. The maximum absolute atomic E-state index is 4.52. The van der Waals surface area contributed by atoms with Crippen molar-refractivity contribution < 1.29 is 0 Å². The van der Waals surface area contributed by atoms with Crippen molar-refractivity contribution in [1.82, 2.24) is 14.7 Å². The summed E-state index contributed by atoms with van der Waals surface area (Å²) in [6.07, 6.45) is 7.51. The first-order valence-corrected chi connectivity index (χ1v) is 7.61. The largest absolute Gasteiger partial charge is 0.311 e. The van der Waals surface area contributed by atoms with Crippen LogP contribution in [0.5, 0.6) is 0 Å². The van der Waals surface area contributed by atoms with E-state index >= 15 is 0 Å². The van der Waals surface area contributed by atoms with Crippen molar-refractivity contribution in [1.29, 1.82) is 0 Å². The van der Waals surface area contributed by atoms with E-state index in [1.807, 2.05) is 18.0 Å². The smallest absolute Gasteiger partial charge is 0.193 e. The Bertz CT molecular complexity index is 407. The molecule has 0 aliphatic heterocycles. The second-order valence-corrected chi connectivity index (χ2v) is 5.99. The molecule has 0 aromatic carbocycles. The van der Waals surface area contributed by atoms with Gasteiger partial charge in [-0.3, -0.25) is 4.40 Å². The first kappa shape index (κ1) is 12.0. The van der Waals surface area contributed by atoms with Crippen molar-refractivity contribution >= 4 is 28.1 Å². The van der Waals surface area contributed by atoms with Crippen LogP contribution in [-0.4, -0.2) is 27.4 Å². The molecule has 3 nitrogen and oxygen atoms in total. The Morgan fingerprint density at radius 3 is 3.25 bits per heavy atom. The van der Waals surface area contributed by atoms with Crippen molar-refractivity contribution in [3.05, 3.63) is 23.5 Å². The molecule has 1 unspecified atom stereocenters. The van der Waals surface area contributed by atoms with Crippen LogP contribution in [0.2, 0.25) is 0 Å². The molecule has 1 N–H and O–H groups in total. The fourth-order valence-electron chi connectivity index (χ4n) is 1.50. The Balaban J connectivity index is 1.76. The third-order valence-corrected chi connectivity index (χ3v) is 4.39. The monoisotopic (exact) mass is 255 g/mol. The summed E-state index contributed by atoms with van der Waals surface area (Å²) < 4.78 is 2.08. The third kappa shape index (κ3) is 2.99. The summed E-state index contributed by atoms with van der Waals surface area (Å²) in [5.41, 5.74) is 1.13. The molecule has 0 bridgehead atoms. The van der Waals surface area contributed by atoms with Gasteiger partial charge in [0, 0.05) is 29.6 Å². The summed E-state index contributed by atoms with van der Waals surface area (Å²) in [6, 6.07) is 0. The number of thiazole rings is 1. The minimum atomic E-state index is 0.734. The van der Waals surface area contributed by atoms with Gasteiger partial charge in [0.2, 0.25) is 0 Å². The van der Waals surface area contributed by atoms with Crippen LogP contribution in [0, 0.1) is 0 Å². The van der Waals surface area contributed by atoms with Gasteiger partial charge in [0.1, 0.15) is 0 Å². The third-order valence-electron chi connectivity index (χ3n) is 2.58. The number of imidazole rings is 1. The van der Waals surface area contributed by atoms with Gasteiger partial charge in [-0.2, -0.15) is 11.8 Å². The lowest BCUT2D eigenvalue weighted by Crippen LogP contribution is -2.17. The van der Waals surface area contributed by atoms with Crippen LogP contribution in [0.4, 0.5) is 0 Å². The molecule has 0 aliphatic carbocycles. The molecular weight excluding hydrogens is 238 g/mol. The molecule has 0 saturated heterocycles. The number of fused-ring (bicyclic) bond motifs is 1. The fourth-order valence-corrected chi connectivity index (χ4v) is 2.57. The summed E-state index contributed by atoms with van der Waals surface area (Å²) in [5.74, 6) is 0. The number of aromatic nitrogens is 2. The Morgan fingerprint density at radius 2 is 2.50 bits per heavy atom. The van der Waals surface area contributed by atoms with Gasteiger partial charge in [0.05, 0.1) is 5.69 Å². The van der Waals surface area contributed by atoms with E-state index in [-0.39, 0.29) is 0 Å². The molecule has 0 radical (unpaired) electrons. The van der Waals surface area contributed by atoms with Crippen LogP contribution in [0.15, 0.2) is 17.8 Å². The SMILES string of the molecule is CSC(C)CCNCc1cn2ccsc2n1. The molecular formula is C11H17N3S2. The minimum absolute atomic E-state index is 0.734. The summed E-state index contributed by atoms with van der Waals surface area (Å²) in [7, 11) is 0. The number of thioether (sulfide) groups is 1. The lowest BCUT2D eigenvalue weighted by molar-refractivity contribution is 0.641. The van der Waals surface area contributed by atoms with Gasteiger partial charge in [-0.05, 0) is 19.2 Å². The normalized spacial score (nSPS) is 13.4. The highest BCUT2D eigenvalue weighted by Crippen LogP contribution is 2.11. The maximum atomic E-state index is 4.52. The number of rotatable bonds is 6. The molecule has 0 aliphatic rings. The van der Waals surface area contributed by atoms with E-state index in [0.717, 1.165) is 29.0 Å². The van der Waals surface area contributed by atoms with E-state index in [1.165, 1.54) is 6.42 Å². The molecule has 0 amide bonds. The molecule has 1 atom stereocenters. The number of nitrogens with zero attached hydrogens (tertiary/aromatic N) is 2. The molecule has 0 saturated carbocycles. The van der Waals surface area contributed by atoms with Crippen molar-refractivity contribution in [3.63, 3.8) is 0 Å². The van der Waals surface area contributed by atoms with Crippen LogP contribution in [0.1, 0.15) is 19.0 Å². The van der Waals surface area contributed by atoms with Crippen LogP contribution in [0.25, 0.3) is 4.96 Å². The first-order valence-electron chi connectivity index (χ1n) is 5.44. The van der Waals surface area contributed by atoms with Gasteiger partial charge in [-0.25, -0.2) is 4.98 Å². The lowest BCUT2D eigenvalue weighted by Gasteiger charge is -2.07. The Labute approximate surface area is 104 Å². The zero-order valence-corrected chi connectivity index (χ0v) is 11.3. The van der Waals surface area contributed by atoms with Gasteiger partial charge in [-0.15, -0.1) is 11.3 Å². The second kappa shape index (κ2) is 5.70. The standard InChI is InChI=1S/C11H17N3S2/c1-9(15-2)3-4-12-7-10-8-14-5-6-16-11(14)13-10/h5-6,8-9,12H,3-4,7H2,1-2H3. The predicted molar refractivity (Wildman–Crippen MR) is 72.4 cm³/mol. The van der Waals surface area contributed by atoms with Gasteiger partial charge >= 0.3 is 0 Å². The zero-order chi connectivity index (χ0) is 11.4. The van der Waals surface area contributed by atoms with Crippen LogP contribution < -0.4 is 5.32 Å². The average Bonchev–Trinajstić information content (AvgIpc) is 2.84. The van der Waals surface area contributed by atoms with Crippen LogP contribution >= 0.6 is 23.1 Å². The fraction of sp³-hybridized carbons (Fsp3) is 0.545. The predicted octanol–water partition coefficient (Wildman–Crippen LogP) is 2.63. The maximum Gasteiger partial charge on any atom is 0.193 e. The minimum Gasteiger partial charge on any atom is -0.311 e. The van der Waals surface area contributed by atoms with Crippen molar-refractivity contribution in [2.75, 3.05) is 12.8 Å². The van der Waals surface area contributed by atoms with Gasteiger partial charge in [0.25, 0.3) is 0 Å². The van der Waals surface area contributed by atoms with Crippen molar-refractivity contribution in [2.45, 2.75) is 25.1 Å². The van der Waals surface area contributed by atoms with E-state index in [1.54, 1.807) is 11.3 Å². The first-order chi connectivity index (χ1) is 7.79. The Morgan fingerprint density at radius 1 is 1.62 bits per heavy atom. The van der Waals surface area contributed by atoms with Crippen LogP contribution in [-0.2, 0) is 6.54 Å². The van der Waals surface area contributed by atoms with E-state index in [2.05, 4.69) is 39.5 Å². The van der Waals surface area contributed by atoms with Gasteiger partial charge in [0.15, 0.2) is 4.96 Å². The number of hydrogen-bond donors (Lipinski definition) is 1. The van der Waals surface area contributed by atoms with E-state index in [9.17, 15) is 0 Å². The molecule has 5 heteroatoms.